The van der Waals surface area contributed by atoms with E-state index in [0.29, 0.717) is 5.69 Å². The molecule has 7 nitrogen and oxygen atoms in total. The molecule has 0 spiro atoms. The highest BCUT2D eigenvalue weighted by Gasteiger charge is 2.25. The summed E-state index contributed by atoms with van der Waals surface area (Å²) in [6, 6.07) is 2.34. The third-order valence-corrected chi connectivity index (χ3v) is 2.34. The Morgan fingerprint density at radius 2 is 2.33 bits per heavy atom. The van der Waals surface area contributed by atoms with E-state index in [0.717, 1.165) is 0 Å². The Morgan fingerprint density at radius 1 is 1.50 bits per heavy atom. The molecule has 18 heavy (non-hydrogen) atoms. The Morgan fingerprint density at radius 3 is 3.00 bits per heavy atom. The molecule has 1 aromatic heterocycles. The number of halogens is 1. The van der Waals surface area contributed by atoms with Gasteiger partial charge in [-0.05, 0) is 12.1 Å². The van der Waals surface area contributed by atoms with Crippen molar-refractivity contribution in [2.75, 3.05) is 18.7 Å². The molecule has 0 bridgehead atoms. The second-order valence-electron chi connectivity index (χ2n) is 3.45. The van der Waals surface area contributed by atoms with Crippen LogP contribution < -0.4 is 10.6 Å². The number of nitrogens with zero attached hydrogens (tertiary/aromatic N) is 1. The van der Waals surface area contributed by atoms with Crippen molar-refractivity contribution >= 4 is 29.2 Å². The standard InChI is InChI=1S/C10H10ClN3O4/c11-8-3-6(1-2-12-8)13-10(16)14-9(15)7-4-17-5-18-7/h1-3,7H,4-5H2,(H2,12,13,14,15,16). The van der Waals surface area contributed by atoms with Gasteiger partial charge in [-0.3, -0.25) is 10.1 Å². The van der Waals surface area contributed by atoms with E-state index in [-0.39, 0.29) is 18.6 Å². The van der Waals surface area contributed by atoms with Crippen LogP contribution in [0.5, 0.6) is 0 Å². The number of urea groups is 1. The van der Waals surface area contributed by atoms with E-state index >= 15 is 0 Å². The van der Waals surface area contributed by atoms with E-state index < -0.39 is 18.0 Å². The van der Waals surface area contributed by atoms with Crippen LogP contribution in [0.1, 0.15) is 0 Å². The van der Waals surface area contributed by atoms with Crippen molar-refractivity contribution in [1.29, 1.82) is 0 Å². The number of carbonyl (C=O) groups is 2. The summed E-state index contributed by atoms with van der Waals surface area (Å²) >= 11 is 5.65. The summed E-state index contributed by atoms with van der Waals surface area (Å²) < 4.78 is 9.79. The summed E-state index contributed by atoms with van der Waals surface area (Å²) in [4.78, 5) is 26.7. The SMILES string of the molecule is O=C(NC(=O)C1COCO1)Nc1ccnc(Cl)c1. The van der Waals surface area contributed by atoms with Crippen LogP contribution in [0.25, 0.3) is 0 Å². The Balaban J connectivity index is 1.86. The molecule has 1 saturated heterocycles. The molecule has 1 fully saturated rings. The predicted octanol–water partition coefficient (Wildman–Crippen LogP) is 0.756. The first-order valence-electron chi connectivity index (χ1n) is 5.08. The highest BCUT2D eigenvalue weighted by molar-refractivity contribution is 6.29. The molecule has 2 N–H and O–H groups in total. The molecule has 0 aromatic carbocycles. The summed E-state index contributed by atoms with van der Waals surface area (Å²) in [5.41, 5.74) is 0.434. The molecule has 0 radical (unpaired) electrons. The monoisotopic (exact) mass is 271 g/mol. The molecule has 1 aliphatic rings. The minimum atomic E-state index is -0.753. The average molecular weight is 272 g/mol. The number of carbonyl (C=O) groups excluding carboxylic acids is 2. The normalized spacial score (nSPS) is 18.4. The second-order valence-corrected chi connectivity index (χ2v) is 3.84. The molecular formula is C10H10ClN3O4. The zero-order valence-corrected chi connectivity index (χ0v) is 9.94. The maximum Gasteiger partial charge on any atom is 0.325 e. The number of hydrogen-bond acceptors (Lipinski definition) is 5. The van der Waals surface area contributed by atoms with Crippen molar-refractivity contribution in [2.45, 2.75) is 6.10 Å². The zero-order valence-electron chi connectivity index (χ0n) is 9.18. The molecule has 8 heteroatoms. The smallest absolute Gasteiger partial charge is 0.325 e. The van der Waals surface area contributed by atoms with Gasteiger partial charge >= 0.3 is 6.03 Å². The first kappa shape index (κ1) is 12.7. The lowest BCUT2D eigenvalue weighted by Crippen LogP contribution is -2.41. The van der Waals surface area contributed by atoms with Crippen molar-refractivity contribution in [3.05, 3.63) is 23.5 Å². The molecule has 1 atom stereocenters. The van der Waals surface area contributed by atoms with Gasteiger partial charge in [0.05, 0.1) is 6.61 Å². The summed E-state index contributed by atoms with van der Waals surface area (Å²) in [5, 5.41) is 4.82. The zero-order chi connectivity index (χ0) is 13.0. The third kappa shape index (κ3) is 3.39. The van der Waals surface area contributed by atoms with Gasteiger partial charge in [-0.1, -0.05) is 11.6 Å². The van der Waals surface area contributed by atoms with Crippen molar-refractivity contribution in [3.63, 3.8) is 0 Å². The number of amides is 3. The highest BCUT2D eigenvalue weighted by atomic mass is 35.5. The van der Waals surface area contributed by atoms with E-state index in [9.17, 15) is 9.59 Å². The van der Waals surface area contributed by atoms with Crippen LogP contribution in [0.3, 0.4) is 0 Å². The highest BCUT2D eigenvalue weighted by Crippen LogP contribution is 2.11. The van der Waals surface area contributed by atoms with E-state index in [1.165, 1.54) is 12.3 Å². The molecular weight excluding hydrogens is 262 g/mol. The number of imide groups is 1. The van der Waals surface area contributed by atoms with Crippen LogP contribution >= 0.6 is 11.6 Å². The van der Waals surface area contributed by atoms with Gasteiger partial charge in [0, 0.05) is 11.9 Å². The van der Waals surface area contributed by atoms with Crippen LogP contribution in [-0.2, 0) is 14.3 Å². The first-order chi connectivity index (χ1) is 8.65. The van der Waals surface area contributed by atoms with Crippen LogP contribution in [0.4, 0.5) is 10.5 Å². The van der Waals surface area contributed by atoms with Gasteiger partial charge in [-0.2, -0.15) is 0 Å². The predicted molar refractivity (Wildman–Crippen MR) is 62.1 cm³/mol. The number of hydrogen-bond donors (Lipinski definition) is 2. The maximum absolute atomic E-state index is 11.5. The van der Waals surface area contributed by atoms with Crippen molar-refractivity contribution in [3.8, 4) is 0 Å². The lowest BCUT2D eigenvalue weighted by molar-refractivity contribution is -0.128. The number of aromatic nitrogens is 1. The fourth-order valence-corrected chi connectivity index (χ4v) is 1.49. The minimum absolute atomic E-state index is 0.0552. The molecule has 1 aliphatic heterocycles. The third-order valence-electron chi connectivity index (χ3n) is 2.14. The summed E-state index contributed by atoms with van der Waals surface area (Å²) in [5.74, 6) is -0.551. The molecule has 3 amide bonds. The lowest BCUT2D eigenvalue weighted by Gasteiger charge is -2.09. The Bertz CT molecular complexity index is 462. The molecule has 1 aromatic rings. The van der Waals surface area contributed by atoms with Gasteiger partial charge in [0.15, 0.2) is 6.10 Å². The topological polar surface area (TPSA) is 89.6 Å². The fourth-order valence-electron chi connectivity index (χ4n) is 1.32. The lowest BCUT2D eigenvalue weighted by atomic mass is 10.3. The van der Waals surface area contributed by atoms with Crippen molar-refractivity contribution in [2.24, 2.45) is 0 Å². The summed E-state index contributed by atoms with van der Waals surface area (Å²) in [6.45, 7) is 0.194. The van der Waals surface area contributed by atoms with E-state index in [2.05, 4.69) is 15.6 Å². The number of nitrogens with one attached hydrogen (secondary N) is 2. The maximum atomic E-state index is 11.5. The largest absolute Gasteiger partial charge is 0.352 e. The Kier molecular flexibility index (Phi) is 4.08. The Hall–Kier alpha value is -1.70. The van der Waals surface area contributed by atoms with Crippen molar-refractivity contribution < 1.29 is 19.1 Å². The first-order valence-corrected chi connectivity index (χ1v) is 5.46. The fraction of sp³-hybridized carbons (Fsp3) is 0.300. The number of ether oxygens (including phenoxy) is 2. The molecule has 0 aliphatic carbocycles. The van der Waals surface area contributed by atoms with Crippen molar-refractivity contribution in [1.82, 2.24) is 10.3 Å². The van der Waals surface area contributed by atoms with Gasteiger partial charge in [-0.25, -0.2) is 9.78 Å². The number of anilines is 1. The van der Waals surface area contributed by atoms with E-state index in [1.807, 2.05) is 0 Å². The van der Waals surface area contributed by atoms with E-state index in [4.69, 9.17) is 21.1 Å². The van der Waals surface area contributed by atoms with Crippen LogP contribution in [-0.4, -0.2) is 36.4 Å². The second kappa shape index (κ2) is 5.76. The van der Waals surface area contributed by atoms with Gasteiger partial charge in [0.2, 0.25) is 0 Å². The van der Waals surface area contributed by atoms with Gasteiger partial charge in [0.25, 0.3) is 5.91 Å². The van der Waals surface area contributed by atoms with Crippen LogP contribution in [0.15, 0.2) is 18.3 Å². The van der Waals surface area contributed by atoms with Crippen LogP contribution in [0.2, 0.25) is 5.15 Å². The Labute approximate surface area is 107 Å². The van der Waals surface area contributed by atoms with Crippen LogP contribution in [0, 0.1) is 0 Å². The molecule has 96 valence electrons. The summed E-state index contributed by atoms with van der Waals surface area (Å²) in [6.07, 6.45) is 0.685. The van der Waals surface area contributed by atoms with Gasteiger partial charge in [-0.15, -0.1) is 0 Å². The molecule has 2 heterocycles. The molecule has 1 unspecified atom stereocenters. The minimum Gasteiger partial charge on any atom is -0.352 e. The van der Waals surface area contributed by atoms with E-state index in [1.54, 1.807) is 6.07 Å². The number of rotatable bonds is 2. The summed E-state index contributed by atoms with van der Waals surface area (Å²) in [7, 11) is 0. The average Bonchev–Trinajstić information content (AvgIpc) is 2.81. The quantitative estimate of drug-likeness (QED) is 0.775. The number of pyridine rings is 1. The molecule has 0 saturated carbocycles. The molecule has 2 rings (SSSR count). The van der Waals surface area contributed by atoms with Gasteiger partial charge in [0.1, 0.15) is 11.9 Å². The van der Waals surface area contributed by atoms with Gasteiger partial charge < -0.3 is 14.8 Å².